The Bertz CT molecular complexity index is 730. The van der Waals surface area contributed by atoms with Crippen molar-refractivity contribution in [1.29, 1.82) is 0 Å². The van der Waals surface area contributed by atoms with Gasteiger partial charge in [-0.3, -0.25) is 0 Å². The van der Waals surface area contributed by atoms with Gasteiger partial charge in [0, 0.05) is 11.3 Å². The molecule has 0 radical (unpaired) electrons. The maximum Gasteiger partial charge on any atom is 0.338 e. The van der Waals surface area contributed by atoms with E-state index < -0.39 is 0 Å². The van der Waals surface area contributed by atoms with Gasteiger partial charge in [-0.1, -0.05) is 60.3 Å². The second kappa shape index (κ2) is 9.52. The van der Waals surface area contributed by atoms with Crippen LogP contribution in [0.3, 0.4) is 0 Å². The van der Waals surface area contributed by atoms with Gasteiger partial charge in [0.2, 0.25) is 0 Å². The van der Waals surface area contributed by atoms with E-state index in [4.69, 9.17) is 10.5 Å². The molecule has 2 aromatic carbocycles. The molecular weight excluding hydrogens is 322 g/mol. The fraction of sp³-hybridized carbons (Fsp3) is 0.167. The molecule has 6 heteroatoms. The van der Waals surface area contributed by atoms with Crippen LogP contribution in [0.15, 0.2) is 64.8 Å². The number of esters is 1. The first kappa shape index (κ1) is 17.7. The summed E-state index contributed by atoms with van der Waals surface area (Å²) in [6.07, 6.45) is 1.50. The van der Waals surface area contributed by atoms with Crippen molar-refractivity contribution < 1.29 is 9.53 Å². The zero-order valence-electron chi connectivity index (χ0n) is 13.4. The lowest BCUT2D eigenvalue weighted by Crippen LogP contribution is -2.08. The zero-order valence-corrected chi connectivity index (χ0v) is 14.2. The summed E-state index contributed by atoms with van der Waals surface area (Å²) in [6, 6.07) is 17.0. The molecule has 2 N–H and O–H groups in total. The quantitative estimate of drug-likeness (QED) is 0.378. The Labute approximate surface area is 145 Å². The fourth-order valence-electron chi connectivity index (χ4n) is 1.91. The number of carbonyl (C=O) groups is 1. The average Bonchev–Trinajstić information content (AvgIpc) is 2.61. The summed E-state index contributed by atoms with van der Waals surface area (Å²) in [5.41, 5.74) is 8.09. The molecule has 0 fully saturated rings. The van der Waals surface area contributed by atoms with E-state index in [9.17, 15) is 4.79 Å². The minimum atomic E-state index is -0.380. The van der Waals surface area contributed by atoms with Crippen LogP contribution in [0.2, 0.25) is 0 Å². The molecule has 124 valence electrons. The molecule has 0 aliphatic heterocycles. The van der Waals surface area contributed by atoms with E-state index in [0.29, 0.717) is 22.9 Å². The van der Waals surface area contributed by atoms with E-state index in [1.54, 1.807) is 25.1 Å². The minimum Gasteiger partial charge on any atom is -0.462 e. The first-order valence-electron chi connectivity index (χ1n) is 7.50. The van der Waals surface area contributed by atoms with Gasteiger partial charge in [-0.2, -0.15) is 5.10 Å². The normalized spacial score (nSPS) is 11.6. The molecule has 2 rings (SSSR count). The molecule has 0 heterocycles. The third-order valence-electron chi connectivity index (χ3n) is 3.04. The average molecular weight is 341 g/mol. The minimum absolute atomic E-state index is 0.325. The molecule has 0 saturated heterocycles. The van der Waals surface area contributed by atoms with Crippen LogP contribution in [0.25, 0.3) is 0 Å². The summed E-state index contributed by atoms with van der Waals surface area (Å²) >= 11 is 1.41. The van der Waals surface area contributed by atoms with Crippen LogP contribution in [-0.4, -0.2) is 24.0 Å². The third kappa shape index (κ3) is 5.55. The Balaban J connectivity index is 1.99. The van der Waals surface area contributed by atoms with Crippen LogP contribution >= 0.6 is 11.8 Å². The molecule has 0 atom stereocenters. The first-order valence-corrected chi connectivity index (χ1v) is 8.48. The van der Waals surface area contributed by atoms with Crippen molar-refractivity contribution in [2.24, 2.45) is 15.9 Å². The number of hydrogen-bond acceptors (Lipinski definition) is 5. The van der Waals surface area contributed by atoms with Gasteiger partial charge in [-0.15, -0.1) is 5.10 Å². The Hall–Kier alpha value is -2.60. The van der Waals surface area contributed by atoms with Crippen LogP contribution in [0.4, 0.5) is 0 Å². The van der Waals surface area contributed by atoms with Crippen molar-refractivity contribution in [2.45, 2.75) is 12.7 Å². The van der Waals surface area contributed by atoms with E-state index in [1.165, 1.54) is 18.0 Å². The summed E-state index contributed by atoms with van der Waals surface area (Å²) in [6.45, 7) is 2.09. The van der Waals surface area contributed by atoms with E-state index in [2.05, 4.69) is 10.2 Å². The molecule has 24 heavy (non-hydrogen) atoms. The summed E-state index contributed by atoms with van der Waals surface area (Å²) in [7, 11) is 0. The topological polar surface area (TPSA) is 77.0 Å². The van der Waals surface area contributed by atoms with Gasteiger partial charge in [-0.25, -0.2) is 4.79 Å². The summed E-state index contributed by atoms with van der Waals surface area (Å²) in [5.74, 6) is 0.348. The summed E-state index contributed by atoms with van der Waals surface area (Å²) < 4.78 is 5.02. The Morgan fingerprint density at radius 2 is 1.88 bits per heavy atom. The van der Waals surface area contributed by atoms with Crippen LogP contribution in [0.5, 0.6) is 0 Å². The molecule has 0 aliphatic carbocycles. The molecule has 2 aromatic rings. The predicted molar refractivity (Wildman–Crippen MR) is 99.4 cm³/mol. The van der Waals surface area contributed by atoms with Gasteiger partial charge in [-0.05, 0) is 18.6 Å². The maximum absolute atomic E-state index is 11.9. The molecule has 0 saturated carbocycles. The largest absolute Gasteiger partial charge is 0.462 e. The number of thioether (sulfide) groups is 1. The van der Waals surface area contributed by atoms with Crippen LogP contribution in [-0.2, 0) is 10.5 Å². The molecule has 0 aliphatic rings. The second-order valence-electron chi connectivity index (χ2n) is 4.76. The van der Waals surface area contributed by atoms with Gasteiger partial charge in [0.25, 0.3) is 0 Å². The molecule has 5 nitrogen and oxygen atoms in total. The number of ether oxygens (including phenoxy) is 1. The fourth-order valence-corrected chi connectivity index (χ4v) is 2.52. The number of benzene rings is 2. The molecule has 0 unspecified atom stereocenters. The van der Waals surface area contributed by atoms with E-state index in [0.717, 1.165) is 11.3 Å². The highest BCUT2D eigenvalue weighted by molar-refractivity contribution is 8.13. The van der Waals surface area contributed by atoms with E-state index in [-0.39, 0.29) is 5.97 Å². The SMILES string of the molecule is CCOC(=O)c1ccccc1C=NN=C(N)SCc1ccccc1. The van der Waals surface area contributed by atoms with Crippen molar-refractivity contribution in [3.05, 3.63) is 71.3 Å². The lowest BCUT2D eigenvalue weighted by atomic mass is 10.1. The van der Waals surface area contributed by atoms with Crippen LogP contribution in [0, 0.1) is 0 Å². The lowest BCUT2D eigenvalue weighted by Gasteiger charge is -2.04. The van der Waals surface area contributed by atoms with E-state index >= 15 is 0 Å². The highest BCUT2D eigenvalue weighted by Crippen LogP contribution is 2.12. The Kier molecular flexibility index (Phi) is 7.04. The number of rotatable bonds is 6. The van der Waals surface area contributed by atoms with Crippen LogP contribution in [0.1, 0.15) is 28.4 Å². The number of amidine groups is 1. The zero-order chi connectivity index (χ0) is 17.2. The molecule has 0 spiro atoms. The Morgan fingerprint density at radius 3 is 2.62 bits per heavy atom. The van der Waals surface area contributed by atoms with Gasteiger partial charge in [0.15, 0.2) is 5.17 Å². The van der Waals surface area contributed by atoms with E-state index in [1.807, 2.05) is 36.4 Å². The standard InChI is InChI=1S/C18H19N3O2S/c1-2-23-17(22)16-11-7-6-10-15(16)12-20-21-18(19)24-13-14-8-4-3-5-9-14/h3-12H,2,13H2,1H3,(H2,19,21). The van der Waals surface area contributed by atoms with Crippen LogP contribution < -0.4 is 5.73 Å². The smallest absolute Gasteiger partial charge is 0.338 e. The lowest BCUT2D eigenvalue weighted by molar-refractivity contribution is 0.0526. The molecule has 0 aromatic heterocycles. The monoisotopic (exact) mass is 341 g/mol. The summed E-state index contributed by atoms with van der Waals surface area (Å²) in [4.78, 5) is 11.9. The van der Waals surface area contributed by atoms with Gasteiger partial charge in [0.05, 0.1) is 18.4 Å². The number of hydrogen-bond donors (Lipinski definition) is 1. The highest BCUT2D eigenvalue weighted by atomic mass is 32.2. The third-order valence-corrected chi connectivity index (χ3v) is 3.89. The first-order chi connectivity index (χ1) is 11.7. The van der Waals surface area contributed by atoms with Crippen molar-refractivity contribution >= 4 is 29.1 Å². The molecule has 0 bridgehead atoms. The second-order valence-corrected chi connectivity index (χ2v) is 5.76. The van der Waals surface area contributed by atoms with Gasteiger partial charge in [0.1, 0.15) is 0 Å². The van der Waals surface area contributed by atoms with Gasteiger partial charge < -0.3 is 10.5 Å². The Morgan fingerprint density at radius 1 is 1.17 bits per heavy atom. The van der Waals surface area contributed by atoms with Crippen molar-refractivity contribution in [1.82, 2.24) is 0 Å². The maximum atomic E-state index is 11.9. The summed E-state index contributed by atoms with van der Waals surface area (Å²) in [5, 5.41) is 8.29. The molecular formula is C18H19N3O2S. The highest BCUT2D eigenvalue weighted by Gasteiger charge is 2.09. The van der Waals surface area contributed by atoms with Crippen molar-refractivity contribution in [3.8, 4) is 0 Å². The van der Waals surface area contributed by atoms with Crippen molar-refractivity contribution in [2.75, 3.05) is 6.61 Å². The molecule has 0 amide bonds. The van der Waals surface area contributed by atoms with Crippen molar-refractivity contribution in [3.63, 3.8) is 0 Å². The number of nitrogens with zero attached hydrogens (tertiary/aromatic N) is 2. The predicted octanol–water partition coefficient (Wildman–Crippen LogP) is 3.45. The number of carbonyl (C=O) groups excluding carboxylic acids is 1. The number of nitrogens with two attached hydrogens (primary N) is 1. The van der Waals surface area contributed by atoms with Gasteiger partial charge >= 0.3 is 5.97 Å².